The number of aliphatic carboxylic acids is 1. The molecule has 2 aromatic carbocycles. The average Bonchev–Trinajstić information content (AvgIpc) is 3.15. The number of carboxylic acid groups (broad SMARTS) is 1. The van der Waals surface area contributed by atoms with Crippen molar-refractivity contribution in [1.29, 1.82) is 0 Å². The molecular formula is C21H25NO5S. The molecule has 3 rings (SSSR count). The summed E-state index contributed by atoms with van der Waals surface area (Å²) >= 11 is 0. The summed E-state index contributed by atoms with van der Waals surface area (Å²) in [5.74, 6) is -0.553. The molecule has 1 aliphatic rings. The SMILES string of the molecule is O=C(O)CC(NS(=O)(=O)Cc1ccccc1)c1ccc(OC2CCCC2)cc1. The monoisotopic (exact) mass is 403 g/mol. The Balaban J connectivity index is 1.71. The summed E-state index contributed by atoms with van der Waals surface area (Å²) in [6.07, 6.45) is 4.33. The summed E-state index contributed by atoms with van der Waals surface area (Å²) < 4.78 is 33.5. The maximum atomic E-state index is 12.5. The van der Waals surface area contributed by atoms with Crippen molar-refractivity contribution >= 4 is 16.0 Å². The topological polar surface area (TPSA) is 92.7 Å². The predicted molar refractivity (Wildman–Crippen MR) is 107 cm³/mol. The smallest absolute Gasteiger partial charge is 0.305 e. The summed E-state index contributed by atoms with van der Waals surface area (Å²) in [4.78, 5) is 11.3. The van der Waals surface area contributed by atoms with Gasteiger partial charge in [-0.2, -0.15) is 0 Å². The zero-order valence-electron chi connectivity index (χ0n) is 15.6. The highest BCUT2D eigenvalue weighted by Crippen LogP contribution is 2.26. The maximum absolute atomic E-state index is 12.5. The number of sulfonamides is 1. The largest absolute Gasteiger partial charge is 0.490 e. The first kappa shape index (κ1) is 20.4. The van der Waals surface area contributed by atoms with Gasteiger partial charge in [0.15, 0.2) is 0 Å². The van der Waals surface area contributed by atoms with Crippen LogP contribution >= 0.6 is 0 Å². The standard InChI is InChI=1S/C21H25NO5S/c23-21(24)14-20(22-28(25,26)15-16-6-2-1-3-7-16)17-10-12-19(13-11-17)27-18-8-4-5-9-18/h1-3,6-7,10-13,18,20,22H,4-5,8-9,14-15H2,(H,23,24). The molecule has 28 heavy (non-hydrogen) atoms. The van der Waals surface area contributed by atoms with Crippen LogP contribution in [0.15, 0.2) is 54.6 Å². The average molecular weight is 404 g/mol. The quantitative estimate of drug-likeness (QED) is 0.667. The van der Waals surface area contributed by atoms with E-state index in [4.69, 9.17) is 4.74 Å². The molecule has 0 aromatic heterocycles. The van der Waals surface area contributed by atoms with Gasteiger partial charge in [-0.15, -0.1) is 0 Å². The van der Waals surface area contributed by atoms with Crippen LogP contribution in [-0.4, -0.2) is 25.6 Å². The first-order chi connectivity index (χ1) is 13.4. The Morgan fingerprint density at radius 2 is 1.71 bits per heavy atom. The Kier molecular flexibility index (Phi) is 6.70. The predicted octanol–water partition coefficient (Wildman–Crippen LogP) is 3.64. The highest BCUT2D eigenvalue weighted by molar-refractivity contribution is 7.88. The minimum absolute atomic E-state index is 0.202. The lowest BCUT2D eigenvalue weighted by molar-refractivity contribution is -0.137. The number of rotatable bonds is 9. The Morgan fingerprint density at radius 1 is 1.07 bits per heavy atom. The molecule has 0 saturated heterocycles. The van der Waals surface area contributed by atoms with Crippen molar-refractivity contribution in [2.75, 3.05) is 0 Å². The fourth-order valence-electron chi connectivity index (χ4n) is 3.43. The highest BCUT2D eigenvalue weighted by atomic mass is 32.2. The lowest BCUT2D eigenvalue weighted by atomic mass is 10.0. The third-order valence-corrected chi connectivity index (χ3v) is 6.14. The van der Waals surface area contributed by atoms with E-state index in [9.17, 15) is 18.3 Å². The molecule has 2 N–H and O–H groups in total. The summed E-state index contributed by atoms with van der Waals surface area (Å²) in [6, 6.07) is 14.9. The van der Waals surface area contributed by atoms with Crippen molar-refractivity contribution in [3.8, 4) is 5.75 Å². The van der Waals surface area contributed by atoms with Gasteiger partial charge in [0.2, 0.25) is 10.0 Å². The van der Waals surface area contributed by atoms with Crippen molar-refractivity contribution in [2.45, 2.75) is 50.0 Å². The summed E-state index contributed by atoms with van der Waals surface area (Å²) in [5.41, 5.74) is 1.24. The van der Waals surface area contributed by atoms with E-state index in [1.807, 2.05) is 6.07 Å². The molecule has 1 aliphatic carbocycles. The van der Waals surface area contributed by atoms with Crippen molar-refractivity contribution in [3.63, 3.8) is 0 Å². The van der Waals surface area contributed by atoms with E-state index in [0.717, 1.165) is 18.6 Å². The van der Waals surface area contributed by atoms with Gasteiger partial charge >= 0.3 is 5.97 Å². The molecule has 2 aromatic rings. The van der Waals surface area contributed by atoms with Crippen molar-refractivity contribution < 1.29 is 23.1 Å². The van der Waals surface area contributed by atoms with Crippen LogP contribution in [0, 0.1) is 0 Å². The lowest BCUT2D eigenvalue weighted by Crippen LogP contribution is -2.31. The summed E-state index contributed by atoms with van der Waals surface area (Å²) in [6.45, 7) is 0. The van der Waals surface area contributed by atoms with Crippen molar-refractivity contribution in [2.24, 2.45) is 0 Å². The molecule has 1 saturated carbocycles. The van der Waals surface area contributed by atoms with Crippen LogP contribution in [-0.2, 0) is 20.6 Å². The molecule has 0 amide bonds. The summed E-state index contributed by atoms with van der Waals surface area (Å²) in [7, 11) is -3.70. The molecule has 1 fully saturated rings. The van der Waals surface area contributed by atoms with Crippen LogP contribution in [0.3, 0.4) is 0 Å². The molecule has 1 unspecified atom stereocenters. The van der Waals surface area contributed by atoms with Gasteiger partial charge in [0.25, 0.3) is 0 Å². The van der Waals surface area contributed by atoms with Crippen LogP contribution in [0.4, 0.5) is 0 Å². The Morgan fingerprint density at radius 3 is 2.32 bits per heavy atom. The third kappa shape index (κ3) is 6.07. The number of hydrogen-bond donors (Lipinski definition) is 2. The van der Waals surface area contributed by atoms with E-state index in [1.165, 1.54) is 12.8 Å². The van der Waals surface area contributed by atoms with E-state index in [2.05, 4.69) is 4.72 Å². The molecule has 1 atom stereocenters. The van der Waals surface area contributed by atoms with Gasteiger partial charge in [-0.05, 0) is 48.9 Å². The second-order valence-corrected chi connectivity index (χ2v) is 8.86. The van der Waals surface area contributed by atoms with Gasteiger partial charge in [0, 0.05) is 0 Å². The number of carboxylic acids is 1. The van der Waals surface area contributed by atoms with Crippen molar-refractivity contribution in [1.82, 2.24) is 4.72 Å². The Labute approximate surface area is 165 Å². The highest BCUT2D eigenvalue weighted by Gasteiger charge is 2.23. The molecule has 6 nitrogen and oxygen atoms in total. The molecule has 0 radical (unpaired) electrons. The molecule has 0 heterocycles. The zero-order chi connectivity index (χ0) is 20.0. The van der Waals surface area contributed by atoms with E-state index < -0.39 is 22.0 Å². The molecule has 7 heteroatoms. The molecular weight excluding hydrogens is 378 g/mol. The normalized spacial score (nSPS) is 16.0. The first-order valence-corrected chi connectivity index (χ1v) is 11.1. The van der Waals surface area contributed by atoms with Crippen LogP contribution in [0.5, 0.6) is 5.75 Å². The van der Waals surface area contributed by atoms with Gasteiger partial charge in [0.05, 0.1) is 24.3 Å². The van der Waals surface area contributed by atoms with Gasteiger partial charge in [-0.25, -0.2) is 13.1 Å². The first-order valence-electron chi connectivity index (χ1n) is 9.43. The zero-order valence-corrected chi connectivity index (χ0v) is 16.4. The van der Waals surface area contributed by atoms with Gasteiger partial charge in [0.1, 0.15) is 5.75 Å². The van der Waals surface area contributed by atoms with Crippen LogP contribution in [0.25, 0.3) is 0 Å². The van der Waals surface area contributed by atoms with Gasteiger partial charge < -0.3 is 9.84 Å². The van der Waals surface area contributed by atoms with E-state index >= 15 is 0 Å². The number of benzene rings is 2. The number of nitrogens with one attached hydrogen (secondary N) is 1. The minimum atomic E-state index is -3.70. The van der Waals surface area contributed by atoms with Crippen LogP contribution in [0.1, 0.15) is 49.3 Å². The minimum Gasteiger partial charge on any atom is -0.490 e. The maximum Gasteiger partial charge on any atom is 0.305 e. The number of carbonyl (C=O) groups is 1. The molecule has 0 spiro atoms. The number of hydrogen-bond acceptors (Lipinski definition) is 4. The van der Waals surface area contributed by atoms with Gasteiger partial charge in [-0.1, -0.05) is 42.5 Å². The second kappa shape index (κ2) is 9.21. The Hall–Kier alpha value is -2.38. The van der Waals surface area contributed by atoms with E-state index in [0.29, 0.717) is 11.1 Å². The Bertz CT molecular complexity index is 875. The fourth-order valence-corrected chi connectivity index (χ4v) is 4.80. The van der Waals surface area contributed by atoms with Crippen molar-refractivity contribution in [3.05, 3.63) is 65.7 Å². The fraction of sp³-hybridized carbons (Fsp3) is 0.381. The van der Waals surface area contributed by atoms with E-state index in [1.54, 1.807) is 48.5 Å². The van der Waals surface area contributed by atoms with Crippen LogP contribution < -0.4 is 9.46 Å². The lowest BCUT2D eigenvalue weighted by Gasteiger charge is -2.19. The van der Waals surface area contributed by atoms with Gasteiger partial charge in [-0.3, -0.25) is 4.79 Å². The second-order valence-electron chi connectivity index (χ2n) is 7.11. The molecule has 150 valence electrons. The third-order valence-electron chi connectivity index (χ3n) is 4.79. The summed E-state index contributed by atoms with van der Waals surface area (Å²) in [5, 5.41) is 9.22. The van der Waals surface area contributed by atoms with Crippen LogP contribution in [0.2, 0.25) is 0 Å². The molecule has 0 aliphatic heterocycles. The number of ether oxygens (including phenoxy) is 1. The molecule has 0 bridgehead atoms. The van der Waals surface area contributed by atoms with E-state index in [-0.39, 0.29) is 18.3 Å².